The molecule has 2 aliphatic carbocycles. The zero-order valence-electron chi connectivity index (χ0n) is 11.5. The average molecular weight is 291 g/mol. The number of imidazole rings is 1. The maximum atomic E-state index is 10.3. The zero-order chi connectivity index (χ0) is 14.9. The highest BCUT2D eigenvalue weighted by Crippen LogP contribution is 2.67. The van der Waals surface area contributed by atoms with Crippen molar-refractivity contribution in [2.75, 3.05) is 12.3 Å². The zero-order valence-corrected chi connectivity index (χ0v) is 11.5. The van der Waals surface area contributed by atoms with E-state index in [9.17, 15) is 15.3 Å². The first-order valence-electron chi connectivity index (χ1n) is 6.93. The Balaban J connectivity index is 1.85. The number of nitrogens with zero attached hydrogens (tertiary/aromatic N) is 4. The van der Waals surface area contributed by atoms with E-state index in [1.165, 1.54) is 0 Å². The summed E-state index contributed by atoms with van der Waals surface area (Å²) < 4.78 is 1.75. The van der Waals surface area contributed by atoms with Crippen LogP contribution >= 0.6 is 0 Å². The fraction of sp³-hybridized carbons (Fsp3) is 0.615. The number of hydrogen-bond acceptors (Lipinski definition) is 7. The number of aliphatic hydroxyl groups excluding tert-OH is 3. The van der Waals surface area contributed by atoms with E-state index in [0.29, 0.717) is 29.2 Å². The molecule has 2 heterocycles. The Kier molecular flexibility index (Phi) is 2.40. The molecule has 5 N–H and O–H groups in total. The molecule has 8 heteroatoms. The van der Waals surface area contributed by atoms with Gasteiger partial charge in [-0.2, -0.15) is 0 Å². The lowest BCUT2D eigenvalue weighted by Gasteiger charge is -2.23. The van der Waals surface area contributed by atoms with Crippen LogP contribution in [0, 0.1) is 18.3 Å². The van der Waals surface area contributed by atoms with Gasteiger partial charge in [0.1, 0.15) is 17.4 Å². The van der Waals surface area contributed by atoms with Crippen molar-refractivity contribution in [3.8, 4) is 0 Å². The first kappa shape index (κ1) is 12.9. The summed E-state index contributed by atoms with van der Waals surface area (Å²) in [6.07, 6.45) is 0.368. The van der Waals surface area contributed by atoms with Crippen LogP contribution in [0.1, 0.15) is 18.3 Å². The fourth-order valence-corrected chi connectivity index (χ4v) is 3.82. The molecule has 0 aliphatic heterocycles. The molecule has 4 rings (SSSR count). The molecule has 0 saturated heterocycles. The van der Waals surface area contributed by atoms with Gasteiger partial charge in [0, 0.05) is 5.41 Å². The Bertz CT molecular complexity index is 732. The predicted octanol–water partition coefficient (Wildman–Crippen LogP) is -1.01. The van der Waals surface area contributed by atoms with Gasteiger partial charge in [-0.25, -0.2) is 15.0 Å². The Labute approximate surface area is 120 Å². The van der Waals surface area contributed by atoms with Crippen molar-refractivity contribution >= 4 is 17.0 Å². The normalized spacial score (nSPS) is 37.9. The highest BCUT2D eigenvalue weighted by Gasteiger charge is 2.71. The van der Waals surface area contributed by atoms with Crippen molar-refractivity contribution in [2.45, 2.75) is 31.6 Å². The minimum absolute atomic E-state index is 0.0152. The standard InChI is InChI=1S/C13H17N5O3/c1-5-16-11(14)7-12(17-5)18(4-15-7)8-6-2-13(6,3-19)10(21)9(8)20/h4,6,8-10,19-21H,2-3H2,1H3,(H2,14,16,17)/t6-,8-,9-,10?,13+/m1/s1. The molecule has 0 radical (unpaired) electrons. The smallest absolute Gasteiger partial charge is 0.166 e. The van der Waals surface area contributed by atoms with Gasteiger partial charge in [-0.3, -0.25) is 0 Å². The number of aryl methyl sites for hydroxylation is 1. The SMILES string of the molecule is Cc1nc(N)c2ncn([C@@H]3[C@H]4C[C@@]4(CO)C(O)[C@@H]3O)c2n1. The second-order valence-electron chi connectivity index (χ2n) is 6.11. The van der Waals surface area contributed by atoms with E-state index in [4.69, 9.17) is 5.73 Å². The maximum Gasteiger partial charge on any atom is 0.166 e. The summed E-state index contributed by atoms with van der Waals surface area (Å²) in [5.41, 5.74) is 6.30. The van der Waals surface area contributed by atoms with Crippen LogP contribution in [0.4, 0.5) is 5.82 Å². The maximum absolute atomic E-state index is 10.3. The number of nitrogen functional groups attached to an aromatic ring is 1. The molecule has 2 fully saturated rings. The molecule has 21 heavy (non-hydrogen) atoms. The van der Waals surface area contributed by atoms with Crippen molar-refractivity contribution < 1.29 is 15.3 Å². The molecular weight excluding hydrogens is 274 g/mol. The van der Waals surface area contributed by atoms with Crippen LogP contribution in [-0.2, 0) is 0 Å². The molecule has 1 unspecified atom stereocenters. The molecular formula is C13H17N5O3. The van der Waals surface area contributed by atoms with Crippen molar-refractivity contribution in [3.63, 3.8) is 0 Å². The van der Waals surface area contributed by atoms with Gasteiger partial charge in [-0.05, 0) is 19.3 Å². The Morgan fingerprint density at radius 2 is 2.19 bits per heavy atom. The van der Waals surface area contributed by atoms with Crippen LogP contribution in [0.3, 0.4) is 0 Å². The molecule has 2 saturated carbocycles. The van der Waals surface area contributed by atoms with E-state index >= 15 is 0 Å². The third kappa shape index (κ3) is 1.47. The highest BCUT2D eigenvalue weighted by atomic mass is 16.3. The van der Waals surface area contributed by atoms with Gasteiger partial charge in [-0.15, -0.1) is 0 Å². The molecule has 0 aromatic carbocycles. The summed E-state index contributed by atoms with van der Waals surface area (Å²) in [6, 6.07) is -0.356. The van der Waals surface area contributed by atoms with Crippen LogP contribution in [0.5, 0.6) is 0 Å². The Morgan fingerprint density at radius 3 is 2.86 bits per heavy atom. The largest absolute Gasteiger partial charge is 0.396 e. The molecule has 5 atom stereocenters. The topological polar surface area (TPSA) is 130 Å². The summed E-state index contributed by atoms with van der Waals surface area (Å²) in [6.45, 7) is 1.61. The van der Waals surface area contributed by atoms with Crippen LogP contribution in [-0.4, -0.2) is 53.7 Å². The summed E-state index contributed by atoms with van der Waals surface area (Å²) >= 11 is 0. The molecule has 0 amide bonds. The lowest BCUT2D eigenvalue weighted by Crippen LogP contribution is -2.35. The van der Waals surface area contributed by atoms with Gasteiger partial charge in [0.25, 0.3) is 0 Å². The van der Waals surface area contributed by atoms with Crippen LogP contribution < -0.4 is 5.73 Å². The lowest BCUT2D eigenvalue weighted by molar-refractivity contribution is -0.0300. The monoisotopic (exact) mass is 291 g/mol. The van der Waals surface area contributed by atoms with Gasteiger partial charge < -0.3 is 25.6 Å². The van der Waals surface area contributed by atoms with Crippen molar-refractivity contribution in [2.24, 2.45) is 11.3 Å². The quantitative estimate of drug-likeness (QED) is 0.557. The van der Waals surface area contributed by atoms with Crippen molar-refractivity contribution in [3.05, 3.63) is 12.2 Å². The second-order valence-corrected chi connectivity index (χ2v) is 6.11. The van der Waals surface area contributed by atoms with E-state index in [2.05, 4.69) is 15.0 Å². The average Bonchev–Trinajstić information content (AvgIpc) is 2.97. The molecule has 2 aromatic heterocycles. The lowest BCUT2D eigenvalue weighted by atomic mass is 10.0. The molecule has 8 nitrogen and oxygen atoms in total. The van der Waals surface area contributed by atoms with Gasteiger partial charge in [0.15, 0.2) is 11.5 Å². The summed E-state index contributed by atoms with van der Waals surface area (Å²) in [5.74, 6) is 0.842. The summed E-state index contributed by atoms with van der Waals surface area (Å²) in [7, 11) is 0. The minimum Gasteiger partial charge on any atom is -0.396 e. The number of fused-ring (bicyclic) bond motifs is 2. The number of aliphatic hydroxyl groups is 3. The van der Waals surface area contributed by atoms with Gasteiger partial charge >= 0.3 is 0 Å². The second kappa shape index (κ2) is 3.90. The predicted molar refractivity (Wildman–Crippen MR) is 73.1 cm³/mol. The molecule has 0 bridgehead atoms. The van der Waals surface area contributed by atoms with E-state index in [0.717, 1.165) is 0 Å². The van der Waals surface area contributed by atoms with Crippen molar-refractivity contribution in [1.82, 2.24) is 19.5 Å². The molecule has 2 aliphatic rings. The molecule has 0 spiro atoms. The molecule has 112 valence electrons. The third-order valence-electron chi connectivity index (χ3n) is 5.03. The van der Waals surface area contributed by atoms with Crippen LogP contribution in [0.25, 0.3) is 11.2 Å². The number of aromatic nitrogens is 4. The number of hydrogen-bond donors (Lipinski definition) is 4. The van der Waals surface area contributed by atoms with Gasteiger partial charge in [0.2, 0.25) is 0 Å². The number of anilines is 1. The van der Waals surface area contributed by atoms with E-state index in [1.807, 2.05) is 0 Å². The summed E-state index contributed by atoms with van der Waals surface area (Å²) in [4.78, 5) is 12.7. The number of rotatable bonds is 2. The first-order chi connectivity index (χ1) is 9.99. The minimum atomic E-state index is -0.954. The highest BCUT2D eigenvalue weighted by molar-refractivity contribution is 5.81. The number of nitrogens with two attached hydrogens (primary N) is 1. The van der Waals surface area contributed by atoms with Gasteiger partial charge in [-0.1, -0.05) is 0 Å². The summed E-state index contributed by atoms with van der Waals surface area (Å²) in [5, 5.41) is 30.1. The fourth-order valence-electron chi connectivity index (χ4n) is 3.82. The van der Waals surface area contributed by atoms with Crippen LogP contribution in [0.2, 0.25) is 0 Å². The Hall–Kier alpha value is -1.77. The molecule has 2 aromatic rings. The first-order valence-corrected chi connectivity index (χ1v) is 6.93. The van der Waals surface area contributed by atoms with E-state index in [1.54, 1.807) is 17.8 Å². The van der Waals surface area contributed by atoms with Gasteiger partial charge in [0.05, 0.1) is 25.1 Å². The Morgan fingerprint density at radius 1 is 1.43 bits per heavy atom. The van der Waals surface area contributed by atoms with Crippen LogP contribution in [0.15, 0.2) is 6.33 Å². The van der Waals surface area contributed by atoms with E-state index < -0.39 is 17.6 Å². The third-order valence-corrected chi connectivity index (χ3v) is 5.03. The van der Waals surface area contributed by atoms with Crippen molar-refractivity contribution in [1.29, 1.82) is 0 Å². The van der Waals surface area contributed by atoms with E-state index in [-0.39, 0.29) is 18.6 Å².